The fourth-order valence-electron chi connectivity index (χ4n) is 3.58. The van der Waals surface area contributed by atoms with Crippen molar-refractivity contribution in [3.05, 3.63) is 71.3 Å². The molecule has 3 heterocycles. The predicted molar refractivity (Wildman–Crippen MR) is 101 cm³/mol. The van der Waals surface area contributed by atoms with Crippen molar-refractivity contribution < 1.29 is 4.79 Å². The maximum absolute atomic E-state index is 12.9. The predicted octanol–water partition coefficient (Wildman–Crippen LogP) is 4.03. The zero-order valence-electron chi connectivity index (χ0n) is 14.2. The lowest BCUT2D eigenvalue weighted by atomic mass is 10.0. The molecule has 4 rings (SSSR count). The Kier molecular flexibility index (Phi) is 4.71. The van der Waals surface area contributed by atoms with E-state index in [2.05, 4.69) is 15.2 Å². The Balaban J connectivity index is 1.60. The number of aromatic amines is 1. The van der Waals surface area contributed by atoms with E-state index in [1.165, 1.54) is 0 Å². The molecule has 26 heavy (non-hydrogen) atoms. The summed E-state index contributed by atoms with van der Waals surface area (Å²) >= 11 is 6.14. The molecule has 1 saturated heterocycles. The molecule has 1 aromatic carbocycles. The van der Waals surface area contributed by atoms with Crippen LogP contribution in [0.5, 0.6) is 0 Å². The van der Waals surface area contributed by atoms with Crippen LogP contribution in [0.1, 0.15) is 30.1 Å². The van der Waals surface area contributed by atoms with Gasteiger partial charge in [-0.3, -0.25) is 14.9 Å². The normalized spacial score (nSPS) is 16.8. The number of rotatable bonds is 4. The molecule has 2 aromatic heterocycles. The van der Waals surface area contributed by atoms with Gasteiger partial charge in [0.2, 0.25) is 5.91 Å². The van der Waals surface area contributed by atoms with Gasteiger partial charge in [0.1, 0.15) is 0 Å². The monoisotopic (exact) mass is 366 g/mol. The largest absolute Gasteiger partial charge is 0.334 e. The van der Waals surface area contributed by atoms with Crippen LogP contribution < -0.4 is 0 Å². The van der Waals surface area contributed by atoms with Crippen molar-refractivity contribution in [2.45, 2.75) is 25.3 Å². The molecule has 5 nitrogen and oxygen atoms in total. The number of nitrogens with zero attached hydrogens (tertiary/aromatic N) is 3. The van der Waals surface area contributed by atoms with Gasteiger partial charge in [-0.1, -0.05) is 29.8 Å². The van der Waals surface area contributed by atoms with Crippen molar-refractivity contribution >= 4 is 17.5 Å². The third-order valence-corrected chi connectivity index (χ3v) is 5.02. The van der Waals surface area contributed by atoms with Gasteiger partial charge < -0.3 is 4.90 Å². The minimum absolute atomic E-state index is 0.00986. The number of likely N-dealkylation sites (tertiary alicyclic amines) is 1. The molecule has 1 amide bonds. The SMILES string of the molecule is O=C(Cc1cccnc1)N1CCCC1c1[nH]ncc1-c1cccc(Cl)c1. The first-order chi connectivity index (χ1) is 12.7. The molecular formula is C20H19ClN4O. The van der Waals surface area contributed by atoms with Crippen molar-refractivity contribution in [1.82, 2.24) is 20.1 Å². The van der Waals surface area contributed by atoms with E-state index < -0.39 is 0 Å². The number of benzene rings is 1. The van der Waals surface area contributed by atoms with Gasteiger partial charge in [0.15, 0.2) is 0 Å². The Morgan fingerprint density at radius 2 is 2.19 bits per heavy atom. The second kappa shape index (κ2) is 7.30. The van der Waals surface area contributed by atoms with Gasteiger partial charge >= 0.3 is 0 Å². The number of pyridine rings is 1. The average Bonchev–Trinajstić information content (AvgIpc) is 3.31. The van der Waals surface area contributed by atoms with Crippen LogP contribution in [0.2, 0.25) is 5.02 Å². The van der Waals surface area contributed by atoms with E-state index in [9.17, 15) is 4.79 Å². The summed E-state index contributed by atoms with van der Waals surface area (Å²) in [5.74, 6) is 0.118. The van der Waals surface area contributed by atoms with Crippen molar-refractivity contribution in [3.8, 4) is 11.1 Å². The van der Waals surface area contributed by atoms with Crippen molar-refractivity contribution in [3.63, 3.8) is 0 Å². The number of carbonyl (C=O) groups is 1. The number of nitrogens with one attached hydrogen (secondary N) is 1. The highest BCUT2D eigenvalue weighted by atomic mass is 35.5. The summed E-state index contributed by atoms with van der Waals surface area (Å²) in [6, 6.07) is 11.5. The second-order valence-electron chi connectivity index (χ2n) is 6.49. The Bertz CT molecular complexity index is 909. The molecule has 1 unspecified atom stereocenters. The maximum atomic E-state index is 12.9. The van der Waals surface area contributed by atoms with E-state index in [1.807, 2.05) is 47.5 Å². The van der Waals surface area contributed by atoms with Crippen LogP contribution in [-0.4, -0.2) is 32.5 Å². The second-order valence-corrected chi connectivity index (χ2v) is 6.93. The Morgan fingerprint density at radius 1 is 1.27 bits per heavy atom. The lowest BCUT2D eigenvalue weighted by Crippen LogP contribution is -2.32. The Hall–Kier alpha value is -2.66. The van der Waals surface area contributed by atoms with Gasteiger partial charge in [0, 0.05) is 29.5 Å². The smallest absolute Gasteiger partial charge is 0.227 e. The van der Waals surface area contributed by atoms with Gasteiger partial charge in [-0.25, -0.2) is 0 Å². The number of carbonyl (C=O) groups excluding carboxylic acids is 1. The summed E-state index contributed by atoms with van der Waals surface area (Å²) in [5.41, 5.74) is 3.92. The lowest BCUT2D eigenvalue weighted by Gasteiger charge is -2.25. The topological polar surface area (TPSA) is 61.9 Å². The molecule has 1 atom stereocenters. The fourth-order valence-corrected chi connectivity index (χ4v) is 3.77. The van der Waals surface area contributed by atoms with Crippen LogP contribution >= 0.6 is 11.6 Å². The van der Waals surface area contributed by atoms with E-state index in [4.69, 9.17) is 11.6 Å². The standard InChI is InChI=1S/C20H19ClN4O/c21-16-6-1-5-15(11-16)17-13-23-24-20(17)18-7-3-9-25(18)19(26)10-14-4-2-8-22-12-14/h1-2,4-6,8,11-13,18H,3,7,9-10H2,(H,23,24). The molecule has 0 bridgehead atoms. The summed E-state index contributed by atoms with van der Waals surface area (Å²) < 4.78 is 0. The van der Waals surface area contributed by atoms with Crippen LogP contribution in [-0.2, 0) is 11.2 Å². The van der Waals surface area contributed by atoms with Gasteiger partial charge in [-0.15, -0.1) is 0 Å². The molecule has 1 aliphatic heterocycles. The number of H-pyrrole nitrogens is 1. The van der Waals surface area contributed by atoms with Crippen molar-refractivity contribution in [2.24, 2.45) is 0 Å². The number of amides is 1. The van der Waals surface area contributed by atoms with E-state index in [1.54, 1.807) is 12.4 Å². The molecule has 1 fully saturated rings. The van der Waals surface area contributed by atoms with E-state index in [0.29, 0.717) is 11.4 Å². The summed E-state index contributed by atoms with van der Waals surface area (Å²) in [4.78, 5) is 18.9. The number of hydrogen-bond acceptors (Lipinski definition) is 3. The van der Waals surface area contributed by atoms with Gasteiger partial charge in [-0.05, 0) is 42.2 Å². The maximum Gasteiger partial charge on any atom is 0.227 e. The first-order valence-corrected chi connectivity index (χ1v) is 9.08. The number of hydrogen-bond donors (Lipinski definition) is 1. The molecule has 0 spiro atoms. The van der Waals surface area contributed by atoms with Crippen molar-refractivity contribution in [1.29, 1.82) is 0 Å². The van der Waals surface area contributed by atoms with E-state index in [-0.39, 0.29) is 11.9 Å². The van der Waals surface area contributed by atoms with Gasteiger partial charge in [0.05, 0.1) is 24.4 Å². The molecule has 1 N–H and O–H groups in total. The zero-order valence-corrected chi connectivity index (χ0v) is 15.0. The molecule has 0 aliphatic carbocycles. The van der Waals surface area contributed by atoms with E-state index in [0.717, 1.165) is 41.8 Å². The van der Waals surface area contributed by atoms with Gasteiger partial charge in [0.25, 0.3) is 0 Å². The Labute approximate surface area is 157 Å². The first kappa shape index (κ1) is 16.8. The molecular weight excluding hydrogens is 348 g/mol. The molecule has 132 valence electrons. The third-order valence-electron chi connectivity index (χ3n) is 4.79. The van der Waals surface area contributed by atoms with Crippen LogP contribution in [0.3, 0.4) is 0 Å². The Morgan fingerprint density at radius 3 is 3.00 bits per heavy atom. The molecule has 0 radical (unpaired) electrons. The van der Waals surface area contributed by atoms with Crippen LogP contribution in [0, 0.1) is 0 Å². The summed E-state index contributed by atoms with van der Waals surface area (Å²) in [6.45, 7) is 0.762. The van der Waals surface area contributed by atoms with Crippen LogP contribution in [0.4, 0.5) is 0 Å². The number of halogens is 1. The van der Waals surface area contributed by atoms with Gasteiger partial charge in [-0.2, -0.15) is 5.10 Å². The third kappa shape index (κ3) is 3.35. The fraction of sp³-hybridized carbons (Fsp3) is 0.250. The highest BCUT2D eigenvalue weighted by molar-refractivity contribution is 6.30. The molecule has 1 aliphatic rings. The quantitative estimate of drug-likeness (QED) is 0.758. The summed E-state index contributed by atoms with van der Waals surface area (Å²) in [5, 5.41) is 8.04. The minimum Gasteiger partial charge on any atom is -0.334 e. The van der Waals surface area contributed by atoms with Crippen molar-refractivity contribution in [2.75, 3.05) is 6.54 Å². The first-order valence-electron chi connectivity index (χ1n) is 8.70. The van der Waals surface area contributed by atoms with Crippen LogP contribution in [0.25, 0.3) is 11.1 Å². The van der Waals surface area contributed by atoms with E-state index >= 15 is 0 Å². The summed E-state index contributed by atoms with van der Waals surface area (Å²) in [6.07, 6.45) is 7.55. The average molecular weight is 367 g/mol. The highest BCUT2D eigenvalue weighted by Gasteiger charge is 2.32. The molecule has 6 heteroatoms. The highest BCUT2D eigenvalue weighted by Crippen LogP contribution is 2.37. The summed E-state index contributed by atoms with van der Waals surface area (Å²) in [7, 11) is 0. The molecule has 0 saturated carbocycles. The van der Waals surface area contributed by atoms with Crippen LogP contribution in [0.15, 0.2) is 55.0 Å². The minimum atomic E-state index is 0.00986. The number of aromatic nitrogens is 3. The molecule has 3 aromatic rings. The lowest BCUT2D eigenvalue weighted by molar-refractivity contribution is -0.131. The zero-order chi connectivity index (χ0) is 17.9.